The maximum atomic E-state index is 12.8. The first-order valence-electron chi connectivity index (χ1n) is 8.98. The average Bonchev–Trinajstić information content (AvgIpc) is 2.95. The molecular weight excluding hydrogens is 387 g/mol. The smallest absolute Gasteiger partial charge is 0.256 e. The van der Waals surface area contributed by atoms with Gasteiger partial charge < -0.3 is 15.3 Å². The topological polar surface area (TPSA) is 78.3 Å². The third-order valence-electron chi connectivity index (χ3n) is 5.41. The molecule has 142 valence electrons. The van der Waals surface area contributed by atoms with E-state index in [0.717, 1.165) is 31.2 Å². The summed E-state index contributed by atoms with van der Waals surface area (Å²) in [5, 5.41) is 13.4. The van der Waals surface area contributed by atoms with Crippen molar-refractivity contribution in [3.63, 3.8) is 0 Å². The maximum Gasteiger partial charge on any atom is 0.256 e. The van der Waals surface area contributed by atoms with Gasteiger partial charge in [-0.05, 0) is 60.4 Å². The van der Waals surface area contributed by atoms with Crippen LogP contribution < -0.4 is 5.32 Å². The number of rotatable bonds is 3. The number of nitrogens with zero attached hydrogens (tertiary/aromatic N) is 3. The van der Waals surface area contributed by atoms with Gasteiger partial charge in [-0.3, -0.25) is 4.79 Å². The van der Waals surface area contributed by atoms with Crippen LogP contribution in [0.3, 0.4) is 0 Å². The van der Waals surface area contributed by atoms with Crippen LogP contribution in [-0.4, -0.2) is 39.0 Å². The molecule has 0 spiro atoms. The number of aromatic nitrogens is 2. The summed E-state index contributed by atoms with van der Waals surface area (Å²) < 4.78 is 0. The van der Waals surface area contributed by atoms with Crippen LogP contribution in [0, 0.1) is 0 Å². The molecule has 1 aliphatic carbocycles. The van der Waals surface area contributed by atoms with Gasteiger partial charge in [-0.15, -0.1) is 0 Å². The number of nitrogens with one attached hydrogen (secondary N) is 1. The lowest BCUT2D eigenvalue weighted by molar-refractivity contribution is 0.0817. The van der Waals surface area contributed by atoms with E-state index in [1.54, 1.807) is 11.9 Å². The third-order valence-corrected chi connectivity index (χ3v) is 5.87. The minimum Gasteiger partial charge on any atom is -0.393 e. The number of hydrogen-bond donors (Lipinski definition) is 2. The molecule has 1 saturated carbocycles. The van der Waals surface area contributed by atoms with Crippen molar-refractivity contribution in [1.82, 2.24) is 14.9 Å². The number of aliphatic hydroxyl groups is 1. The molecule has 27 heavy (non-hydrogen) atoms. The Kier molecular flexibility index (Phi) is 4.97. The van der Waals surface area contributed by atoms with Gasteiger partial charge in [-0.1, -0.05) is 17.7 Å². The van der Waals surface area contributed by atoms with Gasteiger partial charge in [0.1, 0.15) is 5.02 Å². The van der Waals surface area contributed by atoms with Crippen LogP contribution >= 0.6 is 23.2 Å². The summed E-state index contributed by atoms with van der Waals surface area (Å²) >= 11 is 12.0. The van der Waals surface area contributed by atoms with Gasteiger partial charge in [0, 0.05) is 13.6 Å². The van der Waals surface area contributed by atoms with E-state index in [2.05, 4.69) is 21.4 Å². The molecule has 0 atom stereocenters. The summed E-state index contributed by atoms with van der Waals surface area (Å²) in [6.07, 6.45) is 4.70. The van der Waals surface area contributed by atoms with E-state index < -0.39 is 0 Å². The highest BCUT2D eigenvalue weighted by molar-refractivity contribution is 6.33. The number of halogens is 2. The molecule has 1 fully saturated rings. The molecule has 1 aliphatic heterocycles. The molecule has 0 unspecified atom stereocenters. The van der Waals surface area contributed by atoms with Crippen molar-refractivity contribution < 1.29 is 9.90 Å². The fourth-order valence-corrected chi connectivity index (χ4v) is 4.28. The summed E-state index contributed by atoms with van der Waals surface area (Å²) in [5.41, 5.74) is 3.57. The molecule has 6 nitrogen and oxygen atoms in total. The number of anilines is 2. The van der Waals surface area contributed by atoms with E-state index in [1.807, 2.05) is 6.07 Å². The first-order chi connectivity index (χ1) is 12.9. The molecule has 2 N–H and O–H groups in total. The Morgan fingerprint density at radius 2 is 1.96 bits per heavy atom. The van der Waals surface area contributed by atoms with Crippen LogP contribution in [0.2, 0.25) is 10.3 Å². The number of fused-ring (bicyclic) bond motifs is 1. The normalized spacial score (nSPS) is 22.1. The Morgan fingerprint density at radius 1 is 1.22 bits per heavy atom. The minimum absolute atomic E-state index is 0.0264. The molecule has 0 radical (unpaired) electrons. The Hall–Kier alpha value is -1.89. The Balaban J connectivity index is 1.73. The fraction of sp³-hybridized carbons (Fsp3) is 0.421. The Bertz CT molecular complexity index is 898. The van der Waals surface area contributed by atoms with Crippen LogP contribution in [0.25, 0.3) is 0 Å². The number of amides is 1. The van der Waals surface area contributed by atoms with Gasteiger partial charge in [0.15, 0.2) is 5.82 Å². The standard InChI is InChI=1S/C19H20Cl2N4O2/c1-25-9-13-12(10-2-4-11(26)5-3-10)6-7-15(16(13)18(25)27)23-17-14(20)8-22-19(21)24-17/h6-8,10-11,26H,2-5,9H2,1H3,(H,22,23,24)/t10-,11-. The fourth-order valence-electron chi connectivity index (χ4n) is 4.01. The lowest BCUT2D eigenvalue weighted by atomic mass is 9.80. The van der Waals surface area contributed by atoms with Gasteiger partial charge in [0.2, 0.25) is 5.28 Å². The largest absolute Gasteiger partial charge is 0.393 e. The average molecular weight is 407 g/mol. The molecule has 2 aromatic rings. The summed E-state index contributed by atoms with van der Waals surface area (Å²) in [6.45, 7) is 0.580. The van der Waals surface area contributed by atoms with E-state index >= 15 is 0 Å². The molecule has 2 heterocycles. The van der Waals surface area contributed by atoms with Gasteiger partial charge in [-0.25, -0.2) is 4.98 Å². The van der Waals surface area contributed by atoms with Crippen LogP contribution in [0.15, 0.2) is 18.3 Å². The molecule has 0 bridgehead atoms. The quantitative estimate of drug-likeness (QED) is 0.749. The predicted molar refractivity (Wildman–Crippen MR) is 105 cm³/mol. The van der Waals surface area contributed by atoms with Crippen molar-refractivity contribution in [1.29, 1.82) is 0 Å². The number of aliphatic hydroxyl groups excluding tert-OH is 1. The number of carbonyl (C=O) groups excluding carboxylic acids is 1. The van der Waals surface area contributed by atoms with Crippen LogP contribution in [0.1, 0.15) is 53.1 Å². The van der Waals surface area contributed by atoms with Crippen molar-refractivity contribution in [3.8, 4) is 0 Å². The molecule has 4 rings (SSSR count). The zero-order chi connectivity index (χ0) is 19.1. The van der Waals surface area contributed by atoms with E-state index in [1.165, 1.54) is 11.8 Å². The second kappa shape index (κ2) is 7.26. The first kappa shape index (κ1) is 18.5. The molecule has 2 aliphatic rings. The first-order valence-corrected chi connectivity index (χ1v) is 9.74. The highest BCUT2D eigenvalue weighted by Crippen LogP contribution is 2.41. The highest BCUT2D eigenvalue weighted by atomic mass is 35.5. The second-order valence-electron chi connectivity index (χ2n) is 7.18. The Morgan fingerprint density at radius 3 is 2.70 bits per heavy atom. The van der Waals surface area contributed by atoms with Crippen LogP contribution in [-0.2, 0) is 6.54 Å². The zero-order valence-electron chi connectivity index (χ0n) is 14.9. The molecule has 1 amide bonds. The molecule has 0 saturated heterocycles. The number of hydrogen-bond acceptors (Lipinski definition) is 5. The van der Waals surface area contributed by atoms with E-state index in [4.69, 9.17) is 23.2 Å². The van der Waals surface area contributed by atoms with Gasteiger partial charge in [0.05, 0.1) is 23.6 Å². The van der Waals surface area contributed by atoms with Crippen molar-refractivity contribution >= 4 is 40.6 Å². The van der Waals surface area contributed by atoms with Crippen molar-refractivity contribution in [3.05, 3.63) is 45.3 Å². The minimum atomic E-state index is -0.204. The van der Waals surface area contributed by atoms with Gasteiger partial charge in [-0.2, -0.15) is 4.98 Å². The summed E-state index contributed by atoms with van der Waals surface area (Å²) in [6, 6.07) is 3.98. The Labute approximate surface area is 167 Å². The summed E-state index contributed by atoms with van der Waals surface area (Å²) in [7, 11) is 1.80. The summed E-state index contributed by atoms with van der Waals surface area (Å²) in [5.74, 6) is 0.712. The van der Waals surface area contributed by atoms with Crippen molar-refractivity contribution in [2.24, 2.45) is 0 Å². The van der Waals surface area contributed by atoms with E-state index in [0.29, 0.717) is 34.6 Å². The predicted octanol–water partition coefficient (Wildman–Crippen LogP) is 4.13. The molecule has 1 aromatic carbocycles. The lowest BCUT2D eigenvalue weighted by Crippen LogP contribution is -2.18. The molecule has 1 aromatic heterocycles. The second-order valence-corrected chi connectivity index (χ2v) is 7.93. The number of carbonyl (C=O) groups is 1. The molecular formula is C19H20Cl2N4O2. The van der Waals surface area contributed by atoms with Crippen LogP contribution in [0.4, 0.5) is 11.5 Å². The van der Waals surface area contributed by atoms with Gasteiger partial charge >= 0.3 is 0 Å². The molecule has 8 heteroatoms. The highest BCUT2D eigenvalue weighted by Gasteiger charge is 2.33. The SMILES string of the molecule is CN1Cc2c(c(Nc3nc(Cl)ncc3Cl)ccc2[C@H]2CC[C@H](O)CC2)C1=O. The van der Waals surface area contributed by atoms with E-state index in [9.17, 15) is 9.90 Å². The zero-order valence-corrected chi connectivity index (χ0v) is 16.4. The van der Waals surface area contributed by atoms with Gasteiger partial charge in [0.25, 0.3) is 5.91 Å². The van der Waals surface area contributed by atoms with Crippen molar-refractivity contribution in [2.75, 3.05) is 12.4 Å². The van der Waals surface area contributed by atoms with E-state index in [-0.39, 0.29) is 17.3 Å². The monoisotopic (exact) mass is 406 g/mol. The third kappa shape index (κ3) is 3.49. The van der Waals surface area contributed by atoms with Crippen LogP contribution in [0.5, 0.6) is 0 Å². The maximum absolute atomic E-state index is 12.8. The lowest BCUT2D eigenvalue weighted by Gasteiger charge is -2.27. The number of benzene rings is 1. The summed E-state index contributed by atoms with van der Waals surface area (Å²) in [4.78, 5) is 22.5. The van der Waals surface area contributed by atoms with Crippen molar-refractivity contribution in [2.45, 2.75) is 44.2 Å².